The minimum atomic E-state index is -0.190. The Hall–Kier alpha value is -4.44. The molecule has 0 atom stereocenters. The molecule has 2 aliphatic heterocycles. The van der Waals surface area contributed by atoms with Crippen molar-refractivity contribution < 1.29 is 14.1 Å². The molecular weight excluding hydrogens is 542 g/mol. The summed E-state index contributed by atoms with van der Waals surface area (Å²) in [5.41, 5.74) is 5.71. The Balaban J connectivity index is 1.19. The van der Waals surface area contributed by atoms with Crippen LogP contribution in [0.1, 0.15) is 45.8 Å². The number of carbonyl (C=O) groups excluding carboxylic acids is 2. The Labute approximate surface area is 242 Å². The summed E-state index contributed by atoms with van der Waals surface area (Å²) in [6.07, 6.45) is 4.24. The lowest BCUT2D eigenvalue weighted by Gasteiger charge is -2.31. The van der Waals surface area contributed by atoms with Crippen molar-refractivity contribution in [3.05, 3.63) is 81.8 Å². The first kappa shape index (κ1) is 26.8. The van der Waals surface area contributed by atoms with Gasteiger partial charge in [-0.3, -0.25) is 9.59 Å². The number of rotatable bonds is 3. The van der Waals surface area contributed by atoms with Crippen LogP contribution in [0, 0.1) is 19.8 Å². The highest BCUT2D eigenvalue weighted by Crippen LogP contribution is 2.30. The summed E-state index contributed by atoms with van der Waals surface area (Å²) in [6, 6.07) is 13.9. The minimum absolute atomic E-state index is 0.0380. The Bertz CT molecular complexity index is 1610. The number of anilines is 5. The lowest BCUT2D eigenvalue weighted by Crippen LogP contribution is -2.41. The van der Waals surface area contributed by atoms with Crippen molar-refractivity contribution in [1.29, 1.82) is 0 Å². The largest absolute Gasteiger partial charge is 0.361 e. The molecule has 2 aliphatic rings. The number of benzene rings is 2. The molecule has 2 amide bonds. The van der Waals surface area contributed by atoms with E-state index in [4.69, 9.17) is 16.1 Å². The molecular formula is C30H30ClN7O3. The van der Waals surface area contributed by atoms with Crippen LogP contribution in [0.4, 0.5) is 28.8 Å². The number of halogens is 1. The number of nitrogens with one attached hydrogen (secondary N) is 3. The van der Waals surface area contributed by atoms with Crippen LogP contribution in [0.25, 0.3) is 0 Å². The maximum atomic E-state index is 13.4. The van der Waals surface area contributed by atoms with Gasteiger partial charge >= 0.3 is 0 Å². The summed E-state index contributed by atoms with van der Waals surface area (Å²) in [7, 11) is 0. The first-order valence-electron chi connectivity index (χ1n) is 13.7. The van der Waals surface area contributed by atoms with E-state index in [-0.39, 0.29) is 17.7 Å². The number of carbonyl (C=O) groups is 2. The van der Waals surface area contributed by atoms with E-state index in [2.05, 4.69) is 43.2 Å². The van der Waals surface area contributed by atoms with E-state index in [1.807, 2.05) is 30.3 Å². The number of aryl methyl sites for hydroxylation is 4. The summed E-state index contributed by atoms with van der Waals surface area (Å²) in [6.45, 7) is 4.51. The van der Waals surface area contributed by atoms with E-state index in [1.165, 1.54) is 0 Å². The molecule has 3 N–H and O–H groups in total. The van der Waals surface area contributed by atoms with Crippen LogP contribution in [0.15, 0.2) is 53.2 Å². The highest BCUT2D eigenvalue weighted by atomic mass is 35.5. The molecule has 11 heteroatoms. The SMILES string of the molecule is Cc1noc(C)c1C(=O)N1CCC(C(=O)Nc2ccc3cc2CCc2cccc(c2)Nc2ncc(Cl)c(n2)N3)CC1. The van der Waals surface area contributed by atoms with Crippen LogP contribution in [0.2, 0.25) is 5.02 Å². The smallest absolute Gasteiger partial charge is 0.259 e. The van der Waals surface area contributed by atoms with Gasteiger partial charge in [0.15, 0.2) is 5.82 Å². The Morgan fingerprint density at radius 3 is 2.63 bits per heavy atom. The highest BCUT2D eigenvalue weighted by molar-refractivity contribution is 6.32. The van der Waals surface area contributed by atoms with E-state index >= 15 is 0 Å². The number of aromatic nitrogens is 3. The van der Waals surface area contributed by atoms with Gasteiger partial charge < -0.3 is 25.4 Å². The lowest BCUT2D eigenvalue weighted by atomic mass is 9.94. The van der Waals surface area contributed by atoms with Crippen molar-refractivity contribution >= 4 is 52.2 Å². The second-order valence-electron chi connectivity index (χ2n) is 10.5. The number of hydrogen-bond donors (Lipinski definition) is 3. The molecule has 0 radical (unpaired) electrons. The molecule has 2 aromatic carbocycles. The predicted molar refractivity (Wildman–Crippen MR) is 157 cm³/mol. The van der Waals surface area contributed by atoms with Gasteiger partial charge in [-0.1, -0.05) is 28.9 Å². The van der Waals surface area contributed by atoms with Gasteiger partial charge in [0.25, 0.3) is 5.91 Å². The third-order valence-electron chi connectivity index (χ3n) is 7.64. The highest BCUT2D eigenvalue weighted by Gasteiger charge is 2.30. The molecule has 4 aromatic rings. The van der Waals surface area contributed by atoms with Crippen LogP contribution in [0.3, 0.4) is 0 Å². The fourth-order valence-electron chi connectivity index (χ4n) is 5.39. The molecule has 10 nitrogen and oxygen atoms in total. The fourth-order valence-corrected chi connectivity index (χ4v) is 5.53. The third-order valence-corrected chi connectivity index (χ3v) is 7.91. The number of hydrogen-bond acceptors (Lipinski definition) is 8. The van der Waals surface area contributed by atoms with Crippen LogP contribution in [-0.2, 0) is 17.6 Å². The van der Waals surface area contributed by atoms with Gasteiger partial charge in [0.2, 0.25) is 11.9 Å². The van der Waals surface area contributed by atoms with Crippen molar-refractivity contribution in [3.63, 3.8) is 0 Å². The molecule has 2 aromatic heterocycles. The fraction of sp³-hybridized carbons (Fsp3) is 0.300. The molecule has 0 aliphatic carbocycles. The number of amides is 2. The van der Waals surface area contributed by atoms with Crippen LogP contribution >= 0.6 is 11.6 Å². The molecule has 4 heterocycles. The summed E-state index contributed by atoms with van der Waals surface area (Å²) in [5.74, 6) is 1.13. The zero-order valence-electron chi connectivity index (χ0n) is 22.8. The normalized spacial score (nSPS) is 15.0. The van der Waals surface area contributed by atoms with E-state index in [9.17, 15) is 9.59 Å². The molecule has 0 unspecified atom stereocenters. The second kappa shape index (κ2) is 11.2. The average Bonchev–Trinajstić information content (AvgIpc) is 3.31. The second-order valence-corrected chi connectivity index (χ2v) is 10.9. The first-order valence-corrected chi connectivity index (χ1v) is 14.0. The van der Waals surface area contributed by atoms with E-state index in [0.717, 1.165) is 41.0 Å². The van der Waals surface area contributed by atoms with Crippen LogP contribution in [0.5, 0.6) is 0 Å². The molecule has 41 heavy (non-hydrogen) atoms. The maximum absolute atomic E-state index is 13.4. The number of nitrogens with zero attached hydrogens (tertiary/aromatic N) is 4. The molecule has 1 saturated heterocycles. The third kappa shape index (κ3) is 5.74. The topological polar surface area (TPSA) is 125 Å². The maximum Gasteiger partial charge on any atom is 0.259 e. The summed E-state index contributed by atoms with van der Waals surface area (Å²) in [5, 5.41) is 14.0. The van der Waals surface area contributed by atoms with Crippen molar-refractivity contribution in [2.45, 2.75) is 39.5 Å². The van der Waals surface area contributed by atoms with Gasteiger partial charge in [-0.2, -0.15) is 4.98 Å². The van der Waals surface area contributed by atoms with Gasteiger partial charge in [-0.05, 0) is 81.0 Å². The Morgan fingerprint density at radius 2 is 1.85 bits per heavy atom. The number of piperidine rings is 1. The Morgan fingerprint density at radius 1 is 1.05 bits per heavy atom. The molecule has 0 saturated carbocycles. The van der Waals surface area contributed by atoms with Gasteiger partial charge in [-0.25, -0.2) is 4.98 Å². The minimum Gasteiger partial charge on any atom is -0.361 e. The average molecular weight is 572 g/mol. The van der Waals surface area contributed by atoms with Crippen molar-refractivity contribution in [2.24, 2.45) is 5.92 Å². The van der Waals surface area contributed by atoms with Gasteiger partial charge in [0.1, 0.15) is 16.3 Å². The standard InChI is InChI=1S/C30H30ClN7O3/c1-17-26(18(2)41-37-17)29(40)38-12-10-20(11-13-38)28(39)35-25-9-8-23-15-21(25)7-6-19-4-3-5-22(14-19)34-30-32-16-24(31)27(33-23)36-30/h3-5,8-9,14-16,20H,6-7,10-13H2,1-2H3,(H,35,39)(H2,32,33,34,36). The lowest BCUT2D eigenvalue weighted by molar-refractivity contribution is -0.121. The monoisotopic (exact) mass is 571 g/mol. The molecule has 0 spiro atoms. The number of likely N-dealkylation sites (tertiary alicyclic amines) is 1. The molecule has 1 fully saturated rings. The van der Waals surface area contributed by atoms with Crippen molar-refractivity contribution in [3.8, 4) is 0 Å². The zero-order chi connectivity index (χ0) is 28.5. The molecule has 6 bridgehead atoms. The first-order chi connectivity index (χ1) is 19.8. The van der Waals surface area contributed by atoms with Crippen LogP contribution < -0.4 is 16.0 Å². The van der Waals surface area contributed by atoms with E-state index in [0.29, 0.717) is 59.7 Å². The predicted octanol–water partition coefficient (Wildman–Crippen LogP) is 5.81. The van der Waals surface area contributed by atoms with Crippen molar-refractivity contribution in [1.82, 2.24) is 20.0 Å². The molecule has 210 valence electrons. The molecule has 6 rings (SSSR count). The Kier molecular flexibility index (Phi) is 7.32. The zero-order valence-corrected chi connectivity index (χ0v) is 23.6. The quantitative estimate of drug-likeness (QED) is 0.281. The van der Waals surface area contributed by atoms with Gasteiger partial charge in [0.05, 0.1) is 11.9 Å². The van der Waals surface area contributed by atoms with Gasteiger partial charge in [-0.15, -0.1) is 0 Å². The summed E-state index contributed by atoms with van der Waals surface area (Å²) in [4.78, 5) is 37.0. The number of fused-ring (bicyclic) bond motifs is 6. The van der Waals surface area contributed by atoms with Crippen molar-refractivity contribution in [2.75, 3.05) is 29.0 Å². The van der Waals surface area contributed by atoms with Crippen LogP contribution in [-0.4, -0.2) is 44.9 Å². The summed E-state index contributed by atoms with van der Waals surface area (Å²) < 4.78 is 5.17. The van der Waals surface area contributed by atoms with Gasteiger partial charge in [0, 0.05) is 36.1 Å². The summed E-state index contributed by atoms with van der Waals surface area (Å²) >= 11 is 6.39. The van der Waals surface area contributed by atoms with E-state index in [1.54, 1.807) is 24.9 Å². The van der Waals surface area contributed by atoms with E-state index < -0.39 is 0 Å².